The van der Waals surface area contributed by atoms with Crippen molar-refractivity contribution in [1.29, 1.82) is 0 Å². The van der Waals surface area contributed by atoms with Gasteiger partial charge in [0.1, 0.15) is 5.82 Å². The molecule has 1 fully saturated rings. The van der Waals surface area contributed by atoms with Crippen molar-refractivity contribution in [2.45, 2.75) is 12.5 Å². The van der Waals surface area contributed by atoms with E-state index < -0.39 is 5.91 Å². The summed E-state index contributed by atoms with van der Waals surface area (Å²) in [5.74, 6) is -0.0845. The van der Waals surface area contributed by atoms with Crippen LogP contribution in [-0.2, 0) is 0 Å². The highest BCUT2D eigenvalue weighted by molar-refractivity contribution is 5.96. The van der Waals surface area contributed by atoms with E-state index in [2.05, 4.69) is 20.6 Å². The van der Waals surface area contributed by atoms with E-state index in [1.807, 2.05) is 0 Å². The lowest BCUT2D eigenvalue weighted by Gasteiger charge is -2.11. The van der Waals surface area contributed by atoms with E-state index in [1.165, 1.54) is 6.20 Å². The summed E-state index contributed by atoms with van der Waals surface area (Å²) in [4.78, 5) is 18.9. The molecule has 86 valence electrons. The second-order valence-electron chi connectivity index (χ2n) is 3.69. The maximum absolute atomic E-state index is 10.9. The van der Waals surface area contributed by atoms with Crippen LogP contribution in [-0.4, -0.2) is 35.0 Å². The maximum Gasteiger partial charge on any atom is 0.254 e. The molecule has 2 heterocycles. The number of nitrogens with one attached hydrogen (secondary N) is 2. The highest BCUT2D eigenvalue weighted by Crippen LogP contribution is 2.11. The predicted octanol–water partition coefficient (Wildman–Crippen LogP) is -1.07. The van der Waals surface area contributed by atoms with Crippen LogP contribution in [0.3, 0.4) is 0 Å². The lowest BCUT2D eigenvalue weighted by Crippen LogP contribution is -2.24. The zero-order valence-electron chi connectivity index (χ0n) is 8.73. The average Bonchev–Trinajstić information content (AvgIpc) is 2.70. The van der Waals surface area contributed by atoms with Gasteiger partial charge in [-0.05, 0) is 13.0 Å². The van der Waals surface area contributed by atoms with E-state index in [4.69, 9.17) is 11.5 Å². The molecule has 0 radical (unpaired) electrons. The molecule has 0 spiro atoms. The lowest BCUT2D eigenvalue weighted by atomic mass is 10.2. The second kappa shape index (κ2) is 4.31. The largest absolute Gasteiger partial charge is 0.383 e. The molecule has 1 atom stereocenters. The first-order chi connectivity index (χ1) is 7.66. The second-order valence-corrected chi connectivity index (χ2v) is 3.69. The van der Waals surface area contributed by atoms with E-state index in [0.717, 1.165) is 19.5 Å². The summed E-state index contributed by atoms with van der Waals surface area (Å²) in [6.45, 7) is 1.85. The number of amides is 1. The number of nitrogens with two attached hydrogens (primary N) is 2. The molecule has 0 aromatic carbocycles. The first-order valence-corrected chi connectivity index (χ1v) is 5.06. The molecule has 0 bridgehead atoms. The van der Waals surface area contributed by atoms with Gasteiger partial charge in [0, 0.05) is 18.8 Å². The van der Waals surface area contributed by atoms with Crippen molar-refractivity contribution in [3.63, 3.8) is 0 Å². The average molecular weight is 222 g/mol. The van der Waals surface area contributed by atoms with Gasteiger partial charge < -0.3 is 22.1 Å². The van der Waals surface area contributed by atoms with E-state index in [9.17, 15) is 4.79 Å². The van der Waals surface area contributed by atoms with Crippen molar-refractivity contribution >= 4 is 17.7 Å². The summed E-state index contributed by atoms with van der Waals surface area (Å²) in [6, 6.07) is 0.304. The van der Waals surface area contributed by atoms with Gasteiger partial charge in [-0.15, -0.1) is 0 Å². The van der Waals surface area contributed by atoms with Crippen LogP contribution in [0.2, 0.25) is 0 Å². The number of carbonyl (C=O) groups excluding carboxylic acids is 1. The fourth-order valence-corrected chi connectivity index (χ4v) is 1.61. The third-order valence-corrected chi connectivity index (χ3v) is 2.48. The Bertz CT molecular complexity index is 401. The number of rotatable bonds is 3. The molecular weight excluding hydrogens is 208 g/mol. The number of carbonyl (C=O) groups is 1. The Hall–Kier alpha value is -1.89. The van der Waals surface area contributed by atoms with Gasteiger partial charge in [0.2, 0.25) is 5.95 Å². The topological polar surface area (TPSA) is 119 Å². The lowest BCUT2D eigenvalue weighted by molar-refractivity contribution is 0.100. The Morgan fingerprint density at radius 3 is 3.00 bits per heavy atom. The molecule has 16 heavy (non-hydrogen) atoms. The standard InChI is InChI=1S/C9H14N6O/c10-7-6(8(11)16)4-13-9(15-7)14-5-1-2-12-3-5/h4-5,12H,1-3H2,(H2,11,16)(H3,10,13,14,15). The normalized spacial score (nSPS) is 19.6. The molecule has 1 amide bonds. The summed E-state index contributed by atoms with van der Waals surface area (Å²) in [5, 5.41) is 6.34. The Kier molecular flexibility index (Phi) is 2.86. The molecule has 1 aromatic rings. The zero-order chi connectivity index (χ0) is 11.5. The van der Waals surface area contributed by atoms with Crippen molar-refractivity contribution in [3.8, 4) is 0 Å². The highest BCUT2D eigenvalue weighted by Gasteiger charge is 2.16. The molecule has 1 saturated heterocycles. The van der Waals surface area contributed by atoms with Crippen LogP contribution in [0.15, 0.2) is 6.20 Å². The Balaban J connectivity index is 2.11. The van der Waals surface area contributed by atoms with Gasteiger partial charge in [-0.2, -0.15) is 4.98 Å². The minimum atomic E-state index is -0.619. The van der Waals surface area contributed by atoms with Crippen LogP contribution in [0.4, 0.5) is 11.8 Å². The monoisotopic (exact) mass is 222 g/mol. The van der Waals surface area contributed by atoms with Gasteiger partial charge in [-0.3, -0.25) is 4.79 Å². The molecule has 1 aromatic heterocycles. The minimum Gasteiger partial charge on any atom is -0.383 e. The van der Waals surface area contributed by atoms with Crippen molar-refractivity contribution in [1.82, 2.24) is 15.3 Å². The van der Waals surface area contributed by atoms with Crippen LogP contribution in [0.5, 0.6) is 0 Å². The summed E-state index contributed by atoms with van der Waals surface area (Å²) < 4.78 is 0. The third-order valence-electron chi connectivity index (χ3n) is 2.48. The van der Waals surface area contributed by atoms with Crippen LogP contribution in [0.25, 0.3) is 0 Å². The van der Waals surface area contributed by atoms with E-state index in [0.29, 0.717) is 12.0 Å². The van der Waals surface area contributed by atoms with Gasteiger partial charge in [0.05, 0.1) is 5.56 Å². The fourth-order valence-electron chi connectivity index (χ4n) is 1.61. The first-order valence-electron chi connectivity index (χ1n) is 5.06. The number of primary amides is 1. The molecule has 1 unspecified atom stereocenters. The molecule has 2 rings (SSSR count). The number of hydrogen-bond acceptors (Lipinski definition) is 6. The van der Waals surface area contributed by atoms with Gasteiger partial charge in [-0.25, -0.2) is 4.98 Å². The summed E-state index contributed by atoms with van der Waals surface area (Å²) in [5.41, 5.74) is 10.8. The van der Waals surface area contributed by atoms with Gasteiger partial charge in [0.15, 0.2) is 0 Å². The molecular formula is C9H14N6O. The molecule has 1 aliphatic heterocycles. The van der Waals surface area contributed by atoms with Crippen LogP contribution in [0.1, 0.15) is 16.8 Å². The summed E-state index contributed by atoms with van der Waals surface area (Å²) in [7, 11) is 0. The highest BCUT2D eigenvalue weighted by atomic mass is 16.1. The zero-order valence-corrected chi connectivity index (χ0v) is 8.73. The van der Waals surface area contributed by atoms with Crippen LogP contribution < -0.4 is 22.1 Å². The number of anilines is 2. The Morgan fingerprint density at radius 1 is 1.62 bits per heavy atom. The Labute approximate surface area is 92.6 Å². The number of nitrogen functional groups attached to an aromatic ring is 1. The van der Waals surface area contributed by atoms with Gasteiger partial charge in [0.25, 0.3) is 5.91 Å². The number of nitrogens with zero attached hydrogens (tertiary/aromatic N) is 2. The van der Waals surface area contributed by atoms with Gasteiger partial charge >= 0.3 is 0 Å². The maximum atomic E-state index is 10.9. The fraction of sp³-hybridized carbons (Fsp3) is 0.444. The van der Waals surface area contributed by atoms with Crippen molar-refractivity contribution in [2.24, 2.45) is 5.73 Å². The van der Waals surface area contributed by atoms with Gasteiger partial charge in [-0.1, -0.05) is 0 Å². The number of aromatic nitrogens is 2. The molecule has 0 aliphatic carbocycles. The summed E-state index contributed by atoms with van der Waals surface area (Å²) in [6.07, 6.45) is 2.36. The first kappa shape index (κ1) is 10.6. The molecule has 7 heteroatoms. The van der Waals surface area contributed by atoms with Crippen molar-refractivity contribution < 1.29 is 4.79 Å². The SMILES string of the molecule is NC(=O)c1cnc(NC2CCNC2)nc1N. The van der Waals surface area contributed by atoms with Crippen molar-refractivity contribution in [3.05, 3.63) is 11.8 Å². The minimum absolute atomic E-state index is 0.107. The number of hydrogen-bond donors (Lipinski definition) is 4. The van der Waals surface area contributed by atoms with Crippen molar-refractivity contribution in [2.75, 3.05) is 24.1 Å². The van der Waals surface area contributed by atoms with Crippen LogP contribution in [0, 0.1) is 0 Å². The molecule has 1 aliphatic rings. The quantitative estimate of drug-likeness (QED) is 0.517. The van der Waals surface area contributed by atoms with E-state index >= 15 is 0 Å². The van der Waals surface area contributed by atoms with E-state index in [-0.39, 0.29) is 11.4 Å². The third kappa shape index (κ3) is 2.19. The Morgan fingerprint density at radius 2 is 2.44 bits per heavy atom. The molecule has 7 nitrogen and oxygen atoms in total. The predicted molar refractivity (Wildman–Crippen MR) is 59.9 cm³/mol. The smallest absolute Gasteiger partial charge is 0.254 e. The molecule has 0 saturated carbocycles. The van der Waals surface area contributed by atoms with Crippen LogP contribution >= 0.6 is 0 Å². The molecule has 6 N–H and O–H groups in total. The summed E-state index contributed by atoms with van der Waals surface area (Å²) >= 11 is 0. The van der Waals surface area contributed by atoms with E-state index in [1.54, 1.807) is 0 Å².